The van der Waals surface area contributed by atoms with Crippen LogP contribution in [0.15, 0.2) is 40.9 Å². The SMILES string of the molecule is C[C@@H](O)c1c(F)cccc1Oc1ccc(Cl)cc1Br. The number of aliphatic hydroxyl groups is 1. The molecule has 1 N–H and O–H groups in total. The van der Waals surface area contributed by atoms with E-state index in [0.29, 0.717) is 15.2 Å². The lowest BCUT2D eigenvalue weighted by atomic mass is 10.1. The minimum Gasteiger partial charge on any atom is -0.456 e. The number of benzene rings is 2. The third-order valence-corrected chi connectivity index (χ3v) is 3.40. The Labute approximate surface area is 123 Å². The molecule has 5 heteroatoms. The average molecular weight is 346 g/mol. The molecule has 0 amide bonds. The maximum Gasteiger partial charge on any atom is 0.141 e. The monoisotopic (exact) mass is 344 g/mol. The lowest BCUT2D eigenvalue weighted by molar-refractivity contribution is 0.190. The number of ether oxygens (including phenoxy) is 1. The Morgan fingerprint density at radius 2 is 2.00 bits per heavy atom. The van der Waals surface area contributed by atoms with E-state index in [1.165, 1.54) is 19.1 Å². The summed E-state index contributed by atoms with van der Waals surface area (Å²) in [6, 6.07) is 9.43. The molecule has 2 aromatic rings. The Balaban J connectivity index is 2.41. The van der Waals surface area contributed by atoms with Gasteiger partial charge < -0.3 is 9.84 Å². The van der Waals surface area contributed by atoms with Gasteiger partial charge in [0.25, 0.3) is 0 Å². The lowest BCUT2D eigenvalue weighted by Crippen LogP contribution is -2.00. The predicted molar refractivity (Wildman–Crippen MR) is 76.3 cm³/mol. The summed E-state index contributed by atoms with van der Waals surface area (Å²) in [5, 5.41) is 10.2. The highest BCUT2D eigenvalue weighted by Gasteiger charge is 2.16. The van der Waals surface area contributed by atoms with Crippen LogP contribution in [0.2, 0.25) is 5.02 Å². The van der Waals surface area contributed by atoms with Gasteiger partial charge in [0.15, 0.2) is 0 Å². The molecule has 100 valence electrons. The van der Waals surface area contributed by atoms with Crippen LogP contribution < -0.4 is 4.74 Å². The van der Waals surface area contributed by atoms with Crippen LogP contribution in [0, 0.1) is 5.82 Å². The van der Waals surface area contributed by atoms with E-state index in [2.05, 4.69) is 15.9 Å². The van der Waals surface area contributed by atoms with Crippen molar-refractivity contribution in [2.45, 2.75) is 13.0 Å². The fraction of sp³-hybridized carbons (Fsp3) is 0.143. The summed E-state index contributed by atoms with van der Waals surface area (Å²) >= 11 is 9.16. The van der Waals surface area contributed by atoms with E-state index >= 15 is 0 Å². The first kappa shape index (κ1) is 14.3. The Morgan fingerprint density at radius 3 is 2.63 bits per heavy atom. The molecule has 0 aliphatic carbocycles. The summed E-state index contributed by atoms with van der Waals surface area (Å²) < 4.78 is 20.0. The smallest absolute Gasteiger partial charge is 0.141 e. The van der Waals surface area contributed by atoms with Gasteiger partial charge in [-0.25, -0.2) is 4.39 Å². The molecule has 0 aliphatic rings. The highest BCUT2D eigenvalue weighted by Crippen LogP contribution is 2.36. The first-order chi connectivity index (χ1) is 8.99. The van der Waals surface area contributed by atoms with Crippen LogP contribution in [0.1, 0.15) is 18.6 Å². The van der Waals surface area contributed by atoms with Gasteiger partial charge in [-0.2, -0.15) is 0 Å². The fourth-order valence-electron chi connectivity index (χ4n) is 1.69. The second-order valence-electron chi connectivity index (χ2n) is 4.00. The van der Waals surface area contributed by atoms with Crippen LogP contribution in [0.5, 0.6) is 11.5 Å². The van der Waals surface area contributed by atoms with Crippen LogP contribution in [0.25, 0.3) is 0 Å². The van der Waals surface area contributed by atoms with Gasteiger partial charge in [0.1, 0.15) is 17.3 Å². The van der Waals surface area contributed by atoms with Crippen molar-refractivity contribution in [1.29, 1.82) is 0 Å². The summed E-state index contributed by atoms with van der Waals surface area (Å²) in [6.07, 6.45) is -0.956. The molecule has 2 rings (SSSR count). The van der Waals surface area contributed by atoms with Gasteiger partial charge in [-0.1, -0.05) is 17.7 Å². The largest absolute Gasteiger partial charge is 0.456 e. The topological polar surface area (TPSA) is 29.5 Å². The van der Waals surface area contributed by atoms with Crippen LogP contribution in [0.4, 0.5) is 4.39 Å². The van der Waals surface area contributed by atoms with Crippen LogP contribution in [0.3, 0.4) is 0 Å². The normalized spacial score (nSPS) is 12.3. The highest BCUT2D eigenvalue weighted by atomic mass is 79.9. The molecule has 0 aromatic heterocycles. The predicted octanol–water partition coefficient (Wildman–Crippen LogP) is 5.09. The molecular weight excluding hydrogens is 335 g/mol. The van der Waals surface area contributed by atoms with Gasteiger partial charge in [0.2, 0.25) is 0 Å². The zero-order valence-electron chi connectivity index (χ0n) is 10.0. The summed E-state index contributed by atoms with van der Waals surface area (Å²) in [7, 11) is 0. The zero-order valence-corrected chi connectivity index (χ0v) is 12.4. The Morgan fingerprint density at radius 1 is 1.26 bits per heavy atom. The van der Waals surface area contributed by atoms with Crippen molar-refractivity contribution in [3.05, 3.63) is 57.3 Å². The molecule has 0 spiro atoms. The summed E-state index contributed by atoms with van der Waals surface area (Å²) in [4.78, 5) is 0. The van der Waals surface area contributed by atoms with Gasteiger partial charge in [0, 0.05) is 5.02 Å². The van der Waals surface area contributed by atoms with Crippen LogP contribution >= 0.6 is 27.5 Å². The molecule has 2 nitrogen and oxygen atoms in total. The maximum atomic E-state index is 13.7. The average Bonchev–Trinajstić information content (AvgIpc) is 2.32. The van der Waals surface area contributed by atoms with Crippen LogP contribution in [-0.4, -0.2) is 5.11 Å². The van der Waals surface area contributed by atoms with E-state index in [1.54, 1.807) is 24.3 Å². The Hall–Kier alpha value is -1.10. The van der Waals surface area contributed by atoms with E-state index in [-0.39, 0.29) is 11.3 Å². The van der Waals surface area contributed by atoms with E-state index < -0.39 is 11.9 Å². The number of halogens is 3. The summed E-state index contributed by atoms with van der Waals surface area (Å²) in [5.41, 5.74) is 0.129. The molecule has 0 radical (unpaired) electrons. The van der Waals surface area contributed by atoms with Crippen molar-refractivity contribution in [1.82, 2.24) is 0 Å². The standard InChI is InChI=1S/C14H11BrClFO2/c1-8(18)14-11(17)3-2-4-13(14)19-12-6-5-9(16)7-10(12)15/h2-8,18H,1H3/t8-/m1/s1. The molecule has 0 unspecified atom stereocenters. The van der Waals surface area contributed by atoms with Crippen molar-refractivity contribution in [3.8, 4) is 11.5 Å². The molecule has 1 atom stereocenters. The summed E-state index contributed by atoms with van der Waals surface area (Å²) in [5.74, 6) is 0.271. The quantitative estimate of drug-likeness (QED) is 0.840. The van der Waals surface area contributed by atoms with Crippen molar-refractivity contribution < 1.29 is 14.2 Å². The number of hydrogen-bond acceptors (Lipinski definition) is 2. The fourth-order valence-corrected chi connectivity index (χ4v) is 2.45. The maximum absolute atomic E-state index is 13.7. The second-order valence-corrected chi connectivity index (χ2v) is 5.30. The van der Waals surface area contributed by atoms with E-state index in [0.717, 1.165) is 0 Å². The minimum atomic E-state index is -0.956. The Kier molecular flexibility index (Phi) is 4.45. The van der Waals surface area contributed by atoms with Crippen molar-refractivity contribution in [2.24, 2.45) is 0 Å². The third-order valence-electron chi connectivity index (χ3n) is 2.54. The zero-order chi connectivity index (χ0) is 14.0. The molecule has 0 heterocycles. The van der Waals surface area contributed by atoms with Crippen molar-refractivity contribution in [2.75, 3.05) is 0 Å². The van der Waals surface area contributed by atoms with Crippen molar-refractivity contribution >= 4 is 27.5 Å². The van der Waals surface area contributed by atoms with Crippen molar-refractivity contribution in [3.63, 3.8) is 0 Å². The molecule has 0 saturated heterocycles. The van der Waals surface area contributed by atoms with Gasteiger partial charge in [0.05, 0.1) is 16.1 Å². The minimum absolute atomic E-state index is 0.129. The van der Waals surface area contributed by atoms with Crippen LogP contribution in [-0.2, 0) is 0 Å². The summed E-state index contributed by atoms with van der Waals surface area (Å²) in [6.45, 7) is 1.49. The van der Waals surface area contributed by atoms with E-state index in [4.69, 9.17) is 16.3 Å². The molecule has 2 aromatic carbocycles. The Bertz CT molecular complexity index is 602. The lowest BCUT2D eigenvalue weighted by Gasteiger charge is -2.14. The highest BCUT2D eigenvalue weighted by molar-refractivity contribution is 9.10. The van der Waals surface area contributed by atoms with Gasteiger partial charge in [-0.15, -0.1) is 0 Å². The molecule has 19 heavy (non-hydrogen) atoms. The first-order valence-electron chi connectivity index (χ1n) is 5.58. The first-order valence-corrected chi connectivity index (χ1v) is 6.75. The number of aliphatic hydroxyl groups excluding tert-OH is 1. The van der Waals surface area contributed by atoms with Gasteiger partial charge >= 0.3 is 0 Å². The second kappa shape index (κ2) is 5.90. The van der Waals surface area contributed by atoms with E-state index in [1.807, 2.05) is 0 Å². The number of hydrogen-bond donors (Lipinski definition) is 1. The molecule has 0 aliphatic heterocycles. The molecule has 0 fully saturated rings. The number of rotatable bonds is 3. The molecular formula is C14H11BrClFO2. The van der Waals surface area contributed by atoms with Gasteiger partial charge in [-0.05, 0) is 53.2 Å². The molecule has 0 bridgehead atoms. The molecule has 0 saturated carbocycles. The van der Waals surface area contributed by atoms with Gasteiger partial charge in [-0.3, -0.25) is 0 Å². The van der Waals surface area contributed by atoms with E-state index in [9.17, 15) is 9.50 Å². The third kappa shape index (κ3) is 3.26.